The lowest BCUT2D eigenvalue weighted by molar-refractivity contribution is -0.136. The van der Waals surface area contributed by atoms with Crippen LogP contribution in [0.2, 0.25) is 0 Å². The first-order valence-electron chi connectivity index (χ1n) is 9.34. The van der Waals surface area contributed by atoms with Gasteiger partial charge in [0.2, 0.25) is 0 Å². The van der Waals surface area contributed by atoms with Crippen molar-refractivity contribution in [2.45, 2.75) is 19.3 Å². The Bertz CT molecular complexity index is 1090. The largest absolute Gasteiger partial charge is 0.497 e. The van der Waals surface area contributed by atoms with Gasteiger partial charge in [0.25, 0.3) is 0 Å². The lowest BCUT2D eigenvalue weighted by atomic mass is 9.77. The fraction of sp³-hybridized carbons (Fsp3) is 0.217. The fourth-order valence-corrected chi connectivity index (χ4v) is 4.31. The van der Waals surface area contributed by atoms with Crippen LogP contribution in [-0.2, 0) is 16.0 Å². The van der Waals surface area contributed by atoms with Gasteiger partial charge in [0, 0.05) is 17.9 Å². The molecule has 0 bridgehead atoms. The van der Waals surface area contributed by atoms with E-state index in [0.29, 0.717) is 13.0 Å². The smallest absolute Gasteiger partial charge is 0.335 e. The normalized spacial score (nSPS) is 17.9. The predicted octanol–water partition coefficient (Wildman–Crippen LogP) is 3.73. The Morgan fingerprint density at radius 3 is 2.57 bits per heavy atom. The Balaban J connectivity index is 1.72. The van der Waals surface area contributed by atoms with Gasteiger partial charge >= 0.3 is 5.97 Å². The van der Waals surface area contributed by atoms with Gasteiger partial charge in [-0.15, -0.1) is 0 Å². The van der Waals surface area contributed by atoms with E-state index in [1.165, 1.54) is 0 Å². The molecule has 5 nitrogen and oxygen atoms in total. The van der Waals surface area contributed by atoms with Gasteiger partial charge in [0.1, 0.15) is 12.4 Å². The minimum Gasteiger partial charge on any atom is -0.497 e. The average Bonchev–Trinajstić information content (AvgIpc) is 3.27. The van der Waals surface area contributed by atoms with Crippen molar-refractivity contribution in [3.05, 3.63) is 88.3 Å². The van der Waals surface area contributed by atoms with Crippen molar-refractivity contribution in [1.82, 2.24) is 9.78 Å². The quantitative estimate of drug-likeness (QED) is 0.658. The van der Waals surface area contributed by atoms with Gasteiger partial charge < -0.3 is 9.47 Å². The first-order chi connectivity index (χ1) is 13.7. The number of cyclic esters (lactones) is 1. The minimum atomic E-state index is -0.215. The molecule has 0 saturated heterocycles. The average molecular weight is 372 g/mol. The number of carbonyl (C=O) groups is 1. The van der Waals surface area contributed by atoms with Gasteiger partial charge in [-0.25, -0.2) is 9.48 Å². The van der Waals surface area contributed by atoms with Crippen LogP contribution in [0.1, 0.15) is 28.4 Å². The van der Waals surface area contributed by atoms with Crippen molar-refractivity contribution >= 4 is 5.97 Å². The summed E-state index contributed by atoms with van der Waals surface area (Å²) in [7, 11) is 1.65. The molecule has 1 aromatic heterocycles. The summed E-state index contributed by atoms with van der Waals surface area (Å²) in [4.78, 5) is 12.6. The van der Waals surface area contributed by atoms with Crippen molar-refractivity contribution in [3.8, 4) is 11.4 Å². The summed E-state index contributed by atoms with van der Waals surface area (Å²) in [6, 6.07) is 18.0. The lowest BCUT2D eigenvalue weighted by Crippen LogP contribution is -2.19. The van der Waals surface area contributed by atoms with E-state index in [2.05, 4.69) is 12.1 Å². The Labute approximate surface area is 163 Å². The third kappa shape index (κ3) is 2.47. The minimum absolute atomic E-state index is 0.169. The highest BCUT2D eigenvalue weighted by atomic mass is 16.5. The van der Waals surface area contributed by atoms with Crippen LogP contribution in [0.4, 0.5) is 0 Å². The van der Waals surface area contributed by atoms with E-state index in [1.807, 2.05) is 54.1 Å². The summed E-state index contributed by atoms with van der Waals surface area (Å²) < 4.78 is 12.7. The zero-order valence-electron chi connectivity index (χ0n) is 15.8. The highest BCUT2D eigenvalue weighted by Crippen LogP contribution is 2.45. The van der Waals surface area contributed by atoms with Gasteiger partial charge in [-0.3, -0.25) is 0 Å². The van der Waals surface area contributed by atoms with Gasteiger partial charge in [0.15, 0.2) is 0 Å². The summed E-state index contributed by atoms with van der Waals surface area (Å²) in [5.41, 5.74) is 7.06. The van der Waals surface area contributed by atoms with E-state index in [1.54, 1.807) is 7.11 Å². The number of ether oxygens (including phenoxy) is 2. The molecule has 1 aliphatic carbocycles. The number of nitrogens with zero attached hydrogens (tertiary/aromatic N) is 2. The van der Waals surface area contributed by atoms with Crippen LogP contribution in [0, 0.1) is 6.92 Å². The number of benzene rings is 2. The first kappa shape index (κ1) is 16.8. The summed E-state index contributed by atoms with van der Waals surface area (Å²) in [5, 5.41) is 4.84. The van der Waals surface area contributed by atoms with E-state index in [-0.39, 0.29) is 11.9 Å². The molecular weight excluding hydrogens is 352 g/mol. The van der Waals surface area contributed by atoms with E-state index in [4.69, 9.17) is 14.6 Å². The number of hydrogen-bond acceptors (Lipinski definition) is 4. The Kier molecular flexibility index (Phi) is 3.83. The van der Waals surface area contributed by atoms with Gasteiger partial charge in [-0.2, -0.15) is 5.10 Å². The number of aromatic nitrogens is 2. The van der Waals surface area contributed by atoms with Crippen LogP contribution in [0.3, 0.4) is 0 Å². The van der Waals surface area contributed by atoms with Gasteiger partial charge in [-0.05, 0) is 42.3 Å². The molecule has 1 atom stereocenters. The molecule has 0 spiro atoms. The molecule has 0 saturated carbocycles. The van der Waals surface area contributed by atoms with Crippen LogP contribution in [0.5, 0.6) is 5.75 Å². The van der Waals surface area contributed by atoms with Crippen molar-refractivity contribution in [2.24, 2.45) is 0 Å². The molecule has 28 heavy (non-hydrogen) atoms. The van der Waals surface area contributed by atoms with Gasteiger partial charge in [0.05, 0.1) is 29.8 Å². The molecule has 0 fully saturated rings. The molecule has 2 heterocycles. The fourth-order valence-electron chi connectivity index (χ4n) is 4.31. The second kappa shape index (κ2) is 6.37. The second-order valence-electron chi connectivity index (χ2n) is 7.17. The Morgan fingerprint density at radius 2 is 1.86 bits per heavy atom. The summed E-state index contributed by atoms with van der Waals surface area (Å²) >= 11 is 0. The number of esters is 1. The number of carbonyl (C=O) groups excluding carboxylic acids is 1. The molecule has 5 heteroatoms. The number of para-hydroxylation sites is 1. The monoisotopic (exact) mass is 372 g/mol. The maximum Gasteiger partial charge on any atom is 0.335 e. The molecule has 0 amide bonds. The first-order valence-corrected chi connectivity index (χ1v) is 9.34. The molecule has 3 aromatic rings. The topological polar surface area (TPSA) is 53.4 Å². The predicted molar refractivity (Wildman–Crippen MR) is 105 cm³/mol. The molecule has 1 unspecified atom stereocenters. The van der Waals surface area contributed by atoms with Crippen LogP contribution in [0.25, 0.3) is 5.69 Å². The highest BCUT2D eigenvalue weighted by Gasteiger charge is 2.41. The van der Waals surface area contributed by atoms with Crippen molar-refractivity contribution in [3.63, 3.8) is 0 Å². The number of fused-ring (bicyclic) bond motifs is 1. The summed E-state index contributed by atoms with van der Waals surface area (Å²) in [6.45, 7) is 2.37. The van der Waals surface area contributed by atoms with Crippen molar-refractivity contribution in [2.75, 3.05) is 13.7 Å². The van der Waals surface area contributed by atoms with E-state index < -0.39 is 0 Å². The molecule has 140 valence electrons. The lowest BCUT2D eigenvalue weighted by Gasteiger charge is -2.25. The number of aryl methyl sites for hydroxylation is 1. The van der Waals surface area contributed by atoms with Crippen LogP contribution in [0.15, 0.2) is 65.7 Å². The molecular formula is C23H20N2O3. The SMILES string of the molecule is COc1ccc(C2C3=C(COC3=O)Cc3c2c(C)nn3-c2ccccc2)cc1. The van der Waals surface area contributed by atoms with E-state index >= 15 is 0 Å². The number of rotatable bonds is 3. The third-order valence-electron chi connectivity index (χ3n) is 5.59. The van der Waals surface area contributed by atoms with Crippen LogP contribution >= 0.6 is 0 Å². The second-order valence-corrected chi connectivity index (χ2v) is 7.17. The maximum absolute atomic E-state index is 12.6. The Hall–Kier alpha value is -3.34. The molecule has 0 N–H and O–H groups in total. The van der Waals surface area contributed by atoms with Gasteiger partial charge in [-0.1, -0.05) is 30.3 Å². The molecule has 5 rings (SSSR count). The Morgan fingerprint density at radius 1 is 1.11 bits per heavy atom. The highest BCUT2D eigenvalue weighted by molar-refractivity contribution is 5.95. The standard InChI is InChI=1S/C23H20N2O3/c1-14-20-19(25(24-14)17-6-4-3-5-7-17)12-16-13-28-23(26)22(16)21(20)15-8-10-18(27-2)11-9-15/h3-11,21H,12-13H2,1-2H3. The van der Waals surface area contributed by atoms with E-state index in [0.717, 1.165) is 45.1 Å². The molecule has 0 radical (unpaired) electrons. The number of methoxy groups -OCH3 is 1. The maximum atomic E-state index is 12.6. The zero-order chi connectivity index (χ0) is 19.3. The zero-order valence-corrected chi connectivity index (χ0v) is 15.8. The molecule has 2 aromatic carbocycles. The van der Waals surface area contributed by atoms with Crippen molar-refractivity contribution in [1.29, 1.82) is 0 Å². The summed E-state index contributed by atoms with van der Waals surface area (Å²) in [5.74, 6) is 0.408. The third-order valence-corrected chi connectivity index (χ3v) is 5.59. The molecule has 2 aliphatic rings. The molecule has 1 aliphatic heterocycles. The summed E-state index contributed by atoms with van der Waals surface area (Å²) in [6.07, 6.45) is 0.679. The van der Waals surface area contributed by atoms with E-state index in [9.17, 15) is 4.79 Å². The van der Waals surface area contributed by atoms with Crippen LogP contribution < -0.4 is 4.74 Å². The number of hydrogen-bond donors (Lipinski definition) is 0. The van der Waals surface area contributed by atoms with Crippen LogP contribution in [-0.4, -0.2) is 29.5 Å². The van der Waals surface area contributed by atoms with Crippen molar-refractivity contribution < 1.29 is 14.3 Å².